The maximum absolute atomic E-state index is 11.9. The summed E-state index contributed by atoms with van der Waals surface area (Å²) in [5, 5.41) is 3.44. The van der Waals surface area contributed by atoms with Crippen LogP contribution in [0.4, 0.5) is 4.79 Å². The van der Waals surface area contributed by atoms with Gasteiger partial charge in [0.1, 0.15) is 5.60 Å². The van der Waals surface area contributed by atoms with Crippen molar-refractivity contribution in [3.8, 4) is 0 Å². The molecule has 0 radical (unpaired) electrons. The van der Waals surface area contributed by atoms with Crippen LogP contribution in [0.3, 0.4) is 0 Å². The summed E-state index contributed by atoms with van der Waals surface area (Å²) in [4.78, 5) is 13.7. The van der Waals surface area contributed by atoms with E-state index in [0.717, 1.165) is 19.5 Å². The lowest BCUT2D eigenvalue weighted by molar-refractivity contribution is 0.0249. The largest absolute Gasteiger partial charge is 0.444 e. The third-order valence-corrected chi connectivity index (χ3v) is 2.55. The van der Waals surface area contributed by atoms with E-state index in [9.17, 15) is 4.79 Å². The van der Waals surface area contributed by atoms with Crippen molar-refractivity contribution in [1.29, 1.82) is 0 Å². The van der Waals surface area contributed by atoms with Gasteiger partial charge in [0.15, 0.2) is 0 Å². The predicted octanol–water partition coefficient (Wildman–Crippen LogP) is 1.99. The molecule has 0 aromatic carbocycles. The van der Waals surface area contributed by atoms with E-state index in [2.05, 4.69) is 19.2 Å². The first-order chi connectivity index (χ1) is 7.28. The summed E-state index contributed by atoms with van der Waals surface area (Å²) in [7, 11) is 0. The molecule has 1 heterocycles. The highest BCUT2D eigenvalue weighted by Crippen LogP contribution is 2.12. The quantitative estimate of drug-likeness (QED) is 0.689. The van der Waals surface area contributed by atoms with Crippen molar-refractivity contribution in [3.05, 3.63) is 0 Å². The van der Waals surface area contributed by atoms with Crippen LogP contribution in [0.15, 0.2) is 0 Å². The van der Waals surface area contributed by atoms with Crippen LogP contribution in [0, 0.1) is 0 Å². The van der Waals surface area contributed by atoms with Gasteiger partial charge in [0, 0.05) is 25.2 Å². The number of nitrogens with zero attached hydrogens (tertiary/aromatic N) is 1. The van der Waals surface area contributed by atoms with Gasteiger partial charge in [0.2, 0.25) is 0 Å². The predicted molar refractivity (Wildman–Crippen MR) is 64.5 cm³/mol. The molecule has 0 aliphatic carbocycles. The lowest BCUT2D eigenvalue weighted by atomic mass is 10.2. The first-order valence-corrected chi connectivity index (χ1v) is 6.02. The van der Waals surface area contributed by atoms with E-state index in [0.29, 0.717) is 12.1 Å². The lowest BCUT2D eigenvalue weighted by Gasteiger charge is -2.27. The van der Waals surface area contributed by atoms with Crippen molar-refractivity contribution in [1.82, 2.24) is 10.2 Å². The zero-order chi connectivity index (χ0) is 12.3. The van der Waals surface area contributed by atoms with Crippen molar-refractivity contribution in [2.24, 2.45) is 0 Å². The van der Waals surface area contributed by atoms with Crippen LogP contribution in [-0.4, -0.2) is 41.8 Å². The van der Waals surface area contributed by atoms with E-state index in [1.807, 2.05) is 20.8 Å². The summed E-state index contributed by atoms with van der Waals surface area (Å²) in [6.07, 6.45) is 0.777. The molecule has 2 atom stereocenters. The second kappa shape index (κ2) is 5.04. The van der Waals surface area contributed by atoms with Gasteiger partial charge in [-0.15, -0.1) is 0 Å². The van der Waals surface area contributed by atoms with E-state index in [1.165, 1.54) is 0 Å². The average Bonchev–Trinajstić information content (AvgIpc) is 2.23. The number of carbonyl (C=O) groups excluding carboxylic acids is 1. The molecular weight excluding hydrogens is 204 g/mol. The number of nitrogens with one attached hydrogen (secondary N) is 1. The Hall–Kier alpha value is -0.770. The van der Waals surface area contributed by atoms with Gasteiger partial charge in [-0.25, -0.2) is 4.79 Å². The van der Waals surface area contributed by atoms with Crippen LogP contribution in [-0.2, 0) is 4.74 Å². The Morgan fingerprint density at radius 2 is 1.94 bits per heavy atom. The normalized spacial score (nSPS) is 27.4. The van der Waals surface area contributed by atoms with Crippen molar-refractivity contribution >= 4 is 6.09 Å². The van der Waals surface area contributed by atoms with Gasteiger partial charge in [-0.2, -0.15) is 0 Å². The molecule has 0 aromatic rings. The van der Waals surface area contributed by atoms with Gasteiger partial charge in [-0.1, -0.05) is 0 Å². The van der Waals surface area contributed by atoms with Gasteiger partial charge in [-0.3, -0.25) is 0 Å². The van der Waals surface area contributed by atoms with Crippen LogP contribution in [0.1, 0.15) is 41.0 Å². The standard InChI is InChI=1S/C12H24N2O2/c1-9-6-7-14(8-10(2)13-9)11(15)16-12(3,4)5/h9-10,13H,6-8H2,1-5H3/t9-,10+/m1/s1. The van der Waals surface area contributed by atoms with E-state index >= 15 is 0 Å². The molecule has 1 aliphatic rings. The van der Waals surface area contributed by atoms with Crippen molar-refractivity contribution in [2.75, 3.05) is 13.1 Å². The third kappa shape index (κ3) is 4.39. The highest BCUT2D eigenvalue weighted by Gasteiger charge is 2.26. The molecule has 0 spiro atoms. The van der Waals surface area contributed by atoms with Crippen LogP contribution < -0.4 is 5.32 Å². The minimum atomic E-state index is -0.411. The van der Waals surface area contributed by atoms with Gasteiger partial charge < -0.3 is 15.0 Å². The third-order valence-electron chi connectivity index (χ3n) is 2.55. The molecule has 1 N–H and O–H groups in total. The summed E-state index contributed by atoms with van der Waals surface area (Å²) in [6, 6.07) is 0.785. The van der Waals surface area contributed by atoms with Gasteiger partial charge in [-0.05, 0) is 41.0 Å². The monoisotopic (exact) mass is 228 g/mol. The van der Waals surface area contributed by atoms with Crippen LogP contribution >= 0.6 is 0 Å². The Labute approximate surface area is 98.3 Å². The maximum atomic E-state index is 11.9. The molecule has 0 unspecified atom stereocenters. The molecule has 4 heteroatoms. The first kappa shape index (κ1) is 13.3. The first-order valence-electron chi connectivity index (χ1n) is 6.02. The summed E-state index contributed by atoms with van der Waals surface area (Å²) in [5.41, 5.74) is -0.411. The summed E-state index contributed by atoms with van der Waals surface area (Å²) < 4.78 is 5.38. The molecule has 1 aliphatic heterocycles. The highest BCUT2D eigenvalue weighted by molar-refractivity contribution is 5.68. The molecule has 1 amide bonds. The molecule has 0 aromatic heterocycles. The number of carbonyl (C=O) groups is 1. The highest BCUT2D eigenvalue weighted by atomic mass is 16.6. The van der Waals surface area contributed by atoms with Crippen LogP contribution in [0.5, 0.6) is 0 Å². The average molecular weight is 228 g/mol. The number of ether oxygens (including phenoxy) is 1. The van der Waals surface area contributed by atoms with E-state index < -0.39 is 5.60 Å². The van der Waals surface area contributed by atoms with Crippen molar-refractivity contribution in [2.45, 2.75) is 58.7 Å². The molecule has 4 nitrogen and oxygen atoms in total. The van der Waals surface area contributed by atoms with Crippen LogP contribution in [0.25, 0.3) is 0 Å². The number of rotatable bonds is 0. The summed E-state index contributed by atoms with van der Waals surface area (Å²) >= 11 is 0. The minimum Gasteiger partial charge on any atom is -0.444 e. The zero-order valence-electron chi connectivity index (χ0n) is 11.0. The molecule has 0 bridgehead atoms. The number of amides is 1. The fraction of sp³-hybridized carbons (Fsp3) is 0.917. The second-order valence-electron chi connectivity index (χ2n) is 5.68. The van der Waals surface area contributed by atoms with Crippen molar-refractivity contribution in [3.63, 3.8) is 0 Å². The molecule has 1 rings (SSSR count). The van der Waals surface area contributed by atoms with Gasteiger partial charge in [0.05, 0.1) is 0 Å². The SMILES string of the molecule is C[C@@H]1CCN(C(=O)OC(C)(C)C)C[C@H](C)N1. The number of hydrogen-bond donors (Lipinski definition) is 1. The fourth-order valence-electron chi connectivity index (χ4n) is 1.89. The molecule has 1 fully saturated rings. The van der Waals surface area contributed by atoms with Gasteiger partial charge in [0.25, 0.3) is 0 Å². The maximum Gasteiger partial charge on any atom is 0.410 e. The van der Waals surface area contributed by atoms with E-state index in [4.69, 9.17) is 4.74 Å². The Balaban J connectivity index is 2.55. The second-order valence-corrected chi connectivity index (χ2v) is 5.68. The molecule has 0 saturated carbocycles. The molecule has 1 saturated heterocycles. The molecule has 16 heavy (non-hydrogen) atoms. The smallest absolute Gasteiger partial charge is 0.410 e. The summed E-state index contributed by atoms with van der Waals surface area (Å²) in [6.45, 7) is 11.4. The van der Waals surface area contributed by atoms with E-state index in [-0.39, 0.29) is 6.09 Å². The topological polar surface area (TPSA) is 41.6 Å². The Bertz CT molecular complexity index is 248. The Morgan fingerprint density at radius 1 is 1.31 bits per heavy atom. The molecule has 94 valence electrons. The lowest BCUT2D eigenvalue weighted by Crippen LogP contribution is -2.42. The fourth-order valence-corrected chi connectivity index (χ4v) is 1.89. The zero-order valence-corrected chi connectivity index (χ0v) is 11.0. The van der Waals surface area contributed by atoms with Crippen molar-refractivity contribution < 1.29 is 9.53 Å². The summed E-state index contributed by atoms with van der Waals surface area (Å²) in [5.74, 6) is 0. The number of hydrogen-bond acceptors (Lipinski definition) is 3. The van der Waals surface area contributed by atoms with E-state index in [1.54, 1.807) is 4.90 Å². The van der Waals surface area contributed by atoms with Gasteiger partial charge >= 0.3 is 6.09 Å². The Morgan fingerprint density at radius 3 is 2.50 bits per heavy atom. The minimum absolute atomic E-state index is 0.199. The Kier molecular flexibility index (Phi) is 4.19. The molecular formula is C12H24N2O2. The van der Waals surface area contributed by atoms with Crippen LogP contribution in [0.2, 0.25) is 0 Å².